The molecule has 0 bridgehead atoms. The standard InChI is InChI=1S/C23H23N3O2/c1-14-7-10-17(11-8-14)21-20-19(24(4)23(28)25(5)22(20)27)13-26(21)18-12-15(2)6-9-16(18)3/h6-13H,1-5H3. The lowest BCUT2D eigenvalue weighted by atomic mass is 10.1. The summed E-state index contributed by atoms with van der Waals surface area (Å²) in [5, 5.41) is 0.550. The fourth-order valence-corrected chi connectivity index (χ4v) is 3.70. The van der Waals surface area contributed by atoms with Crippen molar-refractivity contribution < 1.29 is 0 Å². The van der Waals surface area contributed by atoms with Crippen LogP contribution in [-0.4, -0.2) is 13.7 Å². The molecule has 5 nitrogen and oxygen atoms in total. The number of aromatic nitrogens is 3. The highest BCUT2D eigenvalue weighted by Crippen LogP contribution is 2.32. The molecule has 0 spiro atoms. The molecule has 0 aliphatic rings. The topological polar surface area (TPSA) is 48.9 Å². The first-order chi connectivity index (χ1) is 13.3. The maximum Gasteiger partial charge on any atom is 0.330 e. The molecule has 4 aromatic rings. The second-order valence-electron chi connectivity index (χ2n) is 7.47. The summed E-state index contributed by atoms with van der Waals surface area (Å²) in [5.74, 6) is 0. The van der Waals surface area contributed by atoms with E-state index in [4.69, 9.17) is 0 Å². The van der Waals surface area contributed by atoms with Crippen molar-refractivity contribution in [3.8, 4) is 16.9 Å². The predicted octanol–water partition coefficient (Wildman–Crippen LogP) is 3.62. The van der Waals surface area contributed by atoms with Crippen LogP contribution in [0.2, 0.25) is 0 Å². The zero-order valence-electron chi connectivity index (χ0n) is 16.8. The summed E-state index contributed by atoms with van der Waals surface area (Å²) in [7, 11) is 3.23. The molecule has 28 heavy (non-hydrogen) atoms. The van der Waals surface area contributed by atoms with E-state index in [1.165, 1.54) is 16.2 Å². The van der Waals surface area contributed by atoms with Crippen molar-refractivity contribution >= 4 is 10.9 Å². The van der Waals surface area contributed by atoms with E-state index in [2.05, 4.69) is 25.1 Å². The lowest BCUT2D eigenvalue weighted by molar-refractivity contribution is 0.714. The van der Waals surface area contributed by atoms with Crippen LogP contribution in [0.4, 0.5) is 0 Å². The van der Waals surface area contributed by atoms with Gasteiger partial charge in [-0.3, -0.25) is 13.9 Å². The molecule has 0 fully saturated rings. The highest BCUT2D eigenvalue weighted by Gasteiger charge is 2.20. The monoisotopic (exact) mass is 373 g/mol. The zero-order chi connectivity index (χ0) is 20.2. The minimum atomic E-state index is -0.328. The van der Waals surface area contributed by atoms with E-state index in [-0.39, 0.29) is 11.2 Å². The van der Waals surface area contributed by atoms with E-state index in [0.717, 1.165) is 33.6 Å². The summed E-state index contributed by atoms with van der Waals surface area (Å²) in [4.78, 5) is 25.6. The maximum atomic E-state index is 13.1. The Morgan fingerprint density at radius 3 is 2.11 bits per heavy atom. The highest BCUT2D eigenvalue weighted by molar-refractivity contribution is 5.95. The first kappa shape index (κ1) is 18.0. The van der Waals surface area contributed by atoms with Crippen LogP contribution in [0.5, 0.6) is 0 Å². The van der Waals surface area contributed by atoms with E-state index in [1.807, 2.05) is 48.9 Å². The van der Waals surface area contributed by atoms with E-state index in [1.54, 1.807) is 7.05 Å². The molecule has 2 aromatic carbocycles. The normalized spacial score (nSPS) is 11.3. The van der Waals surface area contributed by atoms with Gasteiger partial charge in [0.25, 0.3) is 5.56 Å². The van der Waals surface area contributed by atoms with Gasteiger partial charge in [-0.2, -0.15) is 0 Å². The Morgan fingerprint density at radius 1 is 0.786 bits per heavy atom. The molecule has 0 aliphatic heterocycles. The molecule has 4 rings (SSSR count). The quantitative estimate of drug-likeness (QED) is 0.539. The van der Waals surface area contributed by atoms with E-state index in [9.17, 15) is 9.59 Å². The molecule has 0 N–H and O–H groups in total. The number of benzene rings is 2. The van der Waals surface area contributed by atoms with Gasteiger partial charge in [0.05, 0.1) is 16.6 Å². The molecule has 0 atom stereocenters. The Balaban J connectivity index is 2.23. The summed E-state index contributed by atoms with van der Waals surface area (Å²) in [6.07, 6.45) is 1.90. The van der Waals surface area contributed by atoms with Crippen molar-refractivity contribution in [2.75, 3.05) is 0 Å². The first-order valence-electron chi connectivity index (χ1n) is 9.25. The Morgan fingerprint density at radius 2 is 1.43 bits per heavy atom. The number of hydrogen-bond acceptors (Lipinski definition) is 2. The minimum absolute atomic E-state index is 0.280. The lowest BCUT2D eigenvalue weighted by Gasteiger charge is -2.13. The summed E-state index contributed by atoms with van der Waals surface area (Å²) in [6.45, 7) is 6.14. The van der Waals surface area contributed by atoms with Crippen molar-refractivity contribution in [1.29, 1.82) is 0 Å². The molecule has 0 amide bonds. The van der Waals surface area contributed by atoms with Gasteiger partial charge in [-0.25, -0.2) is 4.79 Å². The molecular formula is C23H23N3O2. The molecular weight excluding hydrogens is 350 g/mol. The van der Waals surface area contributed by atoms with Crippen LogP contribution in [0.15, 0.2) is 58.3 Å². The third-order valence-electron chi connectivity index (χ3n) is 5.39. The fraction of sp³-hybridized carbons (Fsp3) is 0.217. The molecule has 0 unspecified atom stereocenters. The van der Waals surface area contributed by atoms with Gasteiger partial charge < -0.3 is 4.57 Å². The summed E-state index contributed by atoms with van der Waals surface area (Å²) in [6, 6.07) is 14.4. The SMILES string of the molecule is Cc1ccc(-c2c3c(=O)n(C)c(=O)n(C)c3cn2-c2cc(C)ccc2C)cc1. The number of nitrogens with zero attached hydrogens (tertiary/aromatic N) is 3. The number of rotatable bonds is 2. The number of fused-ring (bicyclic) bond motifs is 1. The maximum absolute atomic E-state index is 13.1. The van der Waals surface area contributed by atoms with Crippen LogP contribution >= 0.6 is 0 Å². The summed E-state index contributed by atoms with van der Waals surface area (Å²) < 4.78 is 4.75. The van der Waals surface area contributed by atoms with Crippen LogP contribution in [0, 0.1) is 20.8 Å². The van der Waals surface area contributed by atoms with Crippen molar-refractivity contribution in [3.63, 3.8) is 0 Å². The van der Waals surface area contributed by atoms with Gasteiger partial charge in [-0.05, 0) is 43.5 Å². The largest absolute Gasteiger partial charge is 0.330 e. The first-order valence-corrected chi connectivity index (χ1v) is 9.25. The zero-order valence-corrected chi connectivity index (χ0v) is 16.8. The van der Waals surface area contributed by atoms with Crippen LogP contribution in [0.1, 0.15) is 16.7 Å². The Hall–Kier alpha value is -3.34. The molecule has 2 heterocycles. The van der Waals surface area contributed by atoms with Gasteiger partial charge >= 0.3 is 5.69 Å². The smallest absolute Gasteiger partial charge is 0.313 e. The molecule has 0 aliphatic carbocycles. The molecule has 0 saturated carbocycles. The summed E-state index contributed by atoms with van der Waals surface area (Å²) >= 11 is 0. The average molecular weight is 373 g/mol. The van der Waals surface area contributed by atoms with E-state index < -0.39 is 0 Å². The van der Waals surface area contributed by atoms with Gasteiger partial charge in [-0.15, -0.1) is 0 Å². The molecule has 142 valence electrons. The molecule has 2 aromatic heterocycles. The molecule has 0 radical (unpaired) electrons. The van der Waals surface area contributed by atoms with Gasteiger partial charge in [0.1, 0.15) is 0 Å². The van der Waals surface area contributed by atoms with Gasteiger partial charge in [0.15, 0.2) is 0 Å². The second kappa shape index (κ2) is 6.37. The third kappa shape index (κ3) is 2.62. The Kier molecular flexibility index (Phi) is 4.11. The number of aryl methyl sites for hydroxylation is 4. The highest BCUT2D eigenvalue weighted by atomic mass is 16.2. The minimum Gasteiger partial charge on any atom is -0.313 e. The van der Waals surface area contributed by atoms with E-state index >= 15 is 0 Å². The van der Waals surface area contributed by atoms with Crippen LogP contribution < -0.4 is 11.2 Å². The molecule has 0 saturated heterocycles. The fourth-order valence-electron chi connectivity index (χ4n) is 3.70. The van der Waals surface area contributed by atoms with Crippen molar-refractivity contribution in [2.24, 2.45) is 14.1 Å². The van der Waals surface area contributed by atoms with Gasteiger partial charge in [0, 0.05) is 26.0 Å². The third-order valence-corrected chi connectivity index (χ3v) is 5.39. The Bertz CT molecular complexity index is 1340. The molecule has 5 heteroatoms. The van der Waals surface area contributed by atoms with Crippen LogP contribution in [-0.2, 0) is 14.1 Å². The second-order valence-corrected chi connectivity index (χ2v) is 7.47. The Labute approximate surface area is 163 Å². The van der Waals surface area contributed by atoms with Crippen LogP contribution in [0.3, 0.4) is 0 Å². The van der Waals surface area contributed by atoms with E-state index in [0.29, 0.717) is 10.9 Å². The number of hydrogen-bond donors (Lipinski definition) is 0. The van der Waals surface area contributed by atoms with Gasteiger partial charge in [0.2, 0.25) is 0 Å². The lowest BCUT2D eigenvalue weighted by Crippen LogP contribution is -2.36. The predicted molar refractivity (Wildman–Crippen MR) is 113 cm³/mol. The van der Waals surface area contributed by atoms with Gasteiger partial charge in [-0.1, -0.05) is 42.0 Å². The average Bonchev–Trinajstić information content (AvgIpc) is 3.07. The van der Waals surface area contributed by atoms with Crippen molar-refractivity contribution in [3.05, 3.63) is 86.2 Å². The summed E-state index contributed by atoms with van der Waals surface area (Å²) in [5.41, 5.74) is 6.15. The van der Waals surface area contributed by atoms with Crippen LogP contribution in [0.25, 0.3) is 27.8 Å². The van der Waals surface area contributed by atoms with Crippen molar-refractivity contribution in [1.82, 2.24) is 13.7 Å². The van der Waals surface area contributed by atoms with Crippen molar-refractivity contribution in [2.45, 2.75) is 20.8 Å².